The maximum absolute atomic E-state index is 10.9. The number of rotatable bonds is 7. The van der Waals surface area contributed by atoms with Crippen LogP contribution in [-0.4, -0.2) is 37.6 Å². The van der Waals surface area contributed by atoms with E-state index in [0.29, 0.717) is 0 Å². The van der Waals surface area contributed by atoms with E-state index in [1.807, 2.05) is 6.07 Å². The van der Waals surface area contributed by atoms with E-state index in [1.165, 1.54) is 36.5 Å². The lowest BCUT2D eigenvalue weighted by molar-refractivity contribution is -1.02. The van der Waals surface area contributed by atoms with Gasteiger partial charge in [0.15, 0.2) is 0 Å². The highest BCUT2D eigenvalue weighted by atomic mass is 16.6. The van der Waals surface area contributed by atoms with Crippen LogP contribution in [0, 0.1) is 10.1 Å². The molecule has 25 heavy (non-hydrogen) atoms. The van der Waals surface area contributed by atoms with Gasteiger partial charge in [-0.05, 0) is 12.0 Å². The Hall–Kier alpha value is -2.24. The first-order chi connectivity index (χ1) is 12.2. The molecule has 5 heteroatoms. The highest BCUT2D eigenvalue weighted by Crippen LogP contribution is 2.12. The lowest BCUT2D eigenvalue weighted by atomic mass is 10.1. The van der Waals surface area contributed by atoms with Gasteiger partial charge in [0.2, 0.25) is 0 Å². The number of nitro groups is 1. The number of nitrogens with zero attached hydrogens (tertiary/aromatic N) is 1. The summed E-state index contributed by atoms with van der Waals surface area (Å²) >= 11 is 0. The predicted molar refractivity (Wildman–Crippen MR) is 97.8 cm³/mol. The van der Waals surface area contributed by atoms with Crippen LogP contribution in [0.2, 0.25) is 0 Å². The van der Waals surface area contributed by atoms with Crippen LogP contribution in [0.5, 0.6) is 0 Å². The van der Waals surface area contributed by atoms with Crippen molar-refractivity contribution in [2.75, 3.05) is 32.7 Å². The highest BCUT2D eigenvalue weighted by molar-refractivity contribution is 5.33. The van der Waals surface area contributed by atoms with Gasteiger partial charge in [-0.2, -0.15) is 0 Å². The van der Waals surface area contributed by atoms with Crippen molar-refractivity contribution in [1.29, 1.82) is 0 Å². The Bertz CT molecular complexity index is 682. The first-order valence-electron chi connectivity index (χ1n) is 9.15. The van der Waals surface area contributed by atoms with Crippen LogP contribution in [0.4, 0.5) is 5.69 Å². The number of nitrogens with one attached hydrogen (secondary N) is 2. The molecule has 5 nitrogen and oxygen atoms in total. The molecule has 132 valence electrons. The van der Waals surface area contributed by atoms with Gasteiger partial charge in [-0.15, -0.1) is 0 Å². The first kappa shape index (κ1) is 17.6. The molecule has 2 aromatic carbocycles. The molecule has 0 unspecified atom stereocenters. The Morgan fingerprint density at radius 1 is 0.880 bits per heavy atom. The summed E-state index contributed by atoms with van der Waals surface area (Å²) in [6, 6.07) is 17.8. The minimum atomic E-state index is -0.312. The van der Waals surface area contributed by atoms with Crippen molar-refractivity contribution < 1.29 is 14.7 Å². The third-order valence-corrected chi connectivity index (χ3v) is 5.08. The molecule has 1 saturated heterocycles. The van der Waals surface area contributed by atoms with Gasteiger partial charge in [0.1, 0.15) is 32.7 Å². The Labute approximate surface area is 149 Å². The minimum absolute atomic E-state index is 0.196. The molecule has 0 saturated carbocycles. The van der Waals surface area contributed by atoms with E-state index < -0.39 is 0 Å². The Morgan fingerprint density at radius 2 is 1.56 bits per heavy atom. The molecule has 0 amide bonds. The Balaban J connectivity index is 1.40. The van der Waals surface area contributed by atoms with E-state index >= 15 is 0 Å². The fourth-order valence-corrected chi connectivity index (χ4v) is 3.64. The van der Waals surface area contributed by atoms with Crippen molar-refractivity contribution in [2.24, 2.45) is 0 Å². The van der Waals surface area contributed by atoms with Crippen LogP contribution in [-0.2, 0) is 13.0 Å². The third kappa shape index (κ3) is 5.37. The summed E-state index contributed by atoms with van der Waals surface area (Å²) in [6.45, 7) is 6.79. The number of non-ortho nitro benzene ring substituents is 1. The van der Waals surface area contributed by atoms with Gasteiger partial charge in [0.25, 0.3) is 5.69 Å². The fraction of sp³-hybridized carbons (Fsp3) is 0.400. The topological polar surface area (TPSA) is 52.0 Å². The molecule has 0 aromatic heterocycles. The van der Waals surface area contributed by atoms with Crippen LogP contribution in [0.3, 0.4) is 0 Å². The van der Waals surface area contributed by atoms with E-state index in [2.05, 4.69) is 30.3 Å². The van der Waals surface area contributed by atoms with Crippen LogP contribution < -0.4 is 9.80 Å². The number of nitro benzene ring substituents is 1. The zero-order valence-corrected chi connectivity index (χ0v) is 14.6. The second-order valence-electron chi connectivity index (χ2n) is 6.94. The Morgan fingerprint density at radius 3 is 2.28 bits per heavy atom. The lowest BCUT2D eigenvalue weighted by Gasteiger charge is -2.29. The number of hydrogen-bond donors (Lipinski definition) is 2. The molecule has 3 rings (SSSR count). The second kappa shape index (κ2) is 8.74. The van der Waals surface area contributed by atoms with Crippen LogP contribution in [0.15, 0.2) is 54.6 Å². The van der Waals surface area contributed by atoms with E-state index in [9.17, 15) is 10.1 Å². The molecule has 1 heterocycles. The van der Waals surface area contributed by atoms with E-state index in [0.717, 1.165) is 31.6 Å². The second-order valence-corrected chi connectivity index (χ2v) is 6.94. The summed E-state index contributed by atoms with van der Waals surface area (Å²) in [5, 5.41) is 10.9. The highest BCUT2D eigenvalue weighted by Gasteiger charge is 2.23. The largest absolute Gasteiger partial charge is 0.326 e. The van der Waals surface area contributed by atoms with Gasteiger partial charge in [-0.3, -0.25) is 10.1 Å². The zero-order chi connectivity index (χ0) is 17.5. The van der Waals surface area contributed by atoms with E-state index in [1.54, 1.807) is 23.1 Å². The summed E-state index contributed by atoms with van der Waals surface area (Å²) in [4.78, 5) is 13.8. The van der Waals surface area contributed by atoms with Crippen molar-refractivity contribution in [3.8, 4) is 0 Å². The number of benzene rings is 2. The monoisotopic (exact) mass is 341 g/mol. The lowest BCUT2D eigenvalue weighted by Crippen LogP contribution is -3.27. The molecular formula is C20H27N3O2+2. The molecule has 1 aliphatic heterocycles. The van der Waals surface area contributed by atoms with Gasteiger partial charge in [0.05, 0.1) is 11.5 Å². The number of aryl methyl sites for hydroxylation is 1. The smallest absolute Gasteiger partial charge is 0.269 e. The van der Waals surface area contributed by atoms with Crippen molar-refractivity contribution in [3.63, 3.8) is 0 Å². The molecular weight excluding hydrogens is 314 g/mol. The molecule has 1 fully saturated rings. The summed E-state index contributed by atoms with van der Waals surface area (Å²) in [5.74, 6) is 0. The molecule has 1 aliphatic rings. The van der Waals surface area contributed by atoms with Crippen LogP contribution in [0.1, 0.15) is 17.5 Å². The quantitative estimate of drug-likeness (QED) is 0.570. The normalized spacial score (nSPS) is 20.3. The predicted octanol–water partition coefficient (Wildman–Crippen LogP) is 0.511. The summed E-state index contributed by atoms with van der Waals surface area (Å²) in [6.07, 6.45) is 2.40. The first-order valence-corrected chi connectivity index (χ1v) is 9.15. The minimum Gasteiger partial charge on any atom is -0.326 e. The van der Waals surface area contributed by atoms with Crippen LogP contribution in [0.25, 0.3) is 0 Å². The fourth-order valence-electron chi connectivity index (χ4n) is 3.64. The molecule has 0 radical (unpaired) electrons. The van der Waals surface area contributed by atoms with Crippen LogP contribution >= 0.6 is 0 Å². The van der Waals surface area contributed by atoms with Gasteiger partial charge in [-0.25, -0.2) is 0 Å². The van der Waals surface area contributed by atoms with Crippen molar-refractivity contribution >= 4 is 5.69 Å². The number of quaternary nitrogens is 2. The summed E-state index contributed by atoms with van der Waals surface area (Å²) in [5.41, 5.74) is 2.69. The van der Waals surface area contributed by atoms with E-state index in [-0.39, 0.29) is 10.6 Å². The third-order valence-electron chi connectivity index (χ3n) is 5.08. The average Bonchev–Trinajstić information content (AvgIpc) is 2.64. The molecule has 0 aliphatic carbocycles. The molecule has 0 atom stereocenters. The van der Waals surface area contributed by atoms with Gasteiger partial charge in [-0.1, -0.05) is 42.5 Å². The maximum atomic E-state index is 10.9. The standard InChI is InChI=1S/C20H25N3O2/c24-23(25)20-10-4-8-19(16-20)17-22-14-12-21(13-15-22)11-5-9-18-6-2-1-3-7-18/h1-4,6-8,10,16H,5,9,11-15,17H2/p+2. The van der Waals surface area contributed by atoms with E-state index in [4.69, 9.17) is 0 Å². The van der Waals surface area contributed by atoms with Crippen molar-refractivity contribution in [3.05, 3.63) is 75.8 Å². The van der Waals surface area contributed by atoms with Gasteiger partial charge in [0, 0.05) is 24.1 Å². The number of piperazine rings is 1. The maximum Gasteiger partial charge on any atom is 0.269 e. The van der Waals surface area contributed by atoms with Crippen molar-refractivity contribution in [2.45, 2.75) is 19.4 Å². The summed E-state index contributed by atoms with van der Waals surface area (Å²) < 4.78 is 0. The molecule has 2 aromatic rings. The Kier molecular flexibility index (Phi) is 6.14. The molecule has 0 spiro atoms. The SMILES string of the molecule is O=[N+]([O-])c1cccc(C[NH+]2CC[NH+](CCCc3ccccc3)CC2)c1. The average molecular weight is 341 g/mol. The molecule has 2 N–H and O–H groups in total. The summed E-state index contributed by atoms with van der Waals surface area (Å²) in [7, 11) is 0. The molecule has 0 bridgehead atoms. The van der Waals surface area contributed by atoms with Gasteiger partial charge < -0.3 is 9.80 Å². The van der Waals surface area contributed by atoms with Gasteiger partial charge >= 0.3 is 0 Å². The van der Waals surface area contributed by atoms with Crippen molar-refractivity contribution in [1.82, 2.24) is 0 Å². The number of hydrogen-bond acceptors (Lipinski definition) is 2. The zero-order valence-electron chi connectivity index (χ0n) is 14.6.